The fraction of sp³-hybridized carbons (Fsp3) is 0.714. The number of rotatable bonds is 1. The number of hydrogen-bond acceptors (Lipinski definition) is 3. The predicted molar refractivity (Wildman–Crippen MR) is 33.7 cm³/mol. The van der Waals surface area contributed by atoms with Crippen LogP contribution in [0.4, 0.5) is 0 Å². The lowest BCUT2D eigenvalue weighted by Crippen LogP contribution is -2.28. The topological polar surface area (TPSA) is 63.6 Å². The van der Waals surface area contributed by atoms with Gasteiger partial charge in [-0.2, -0.15) is 0 Å². The van der Waals surface area contributed by atoms with Gasteiger partial charge in [-0.1, -0.05) is 0 Å². The van der Waals surface area contributed by atoms with Crippen molar-refractivity contribution in [1.29, 1.82) is 0 Å². The SMILES string of the molecule is O=C(O)[C@@H]1C[C@H]2C[C@H]1C(=O)O2. The van der Waals surface area contributed by atoms with E-state index in [1.165, 1.54) is 0 Å². The second-order valence-corrected chi connectivity index (χ2v) is 3.08. The van der Waals surface area contributed by atoms with E-state index in [9.17, 15) is 9.59 Å². The van der Waals surface area contributed by atoms with Gasteiger partial charge in [0, 0.05) is 0 Å². The van der Waals surface area contributed by atoms with Crippen molar-refractivity contribution in [2.45, 2.75) is 18.9 Å². The lowest BCUT2D eigenvalue weighted by molar-refractivity contribution is -0.158. The summed E-state index contributed by atoms with van der Waals surface area (Å²) >= 11 is 0. The smallest absolute Gasteiger partial charge is 0.310 e. The Morgan fingerprint density at radius 1 is 1.55 bits per heavy atom. The first-order chi connectivity index (χ1) is 5.18. The Bertz CT molecular complexity index is 222. The van der Waals surface area contributed by atoms with Gasteiger partial charge in [-0.05, 0) is 12.8 Å². The molecule has 0 radical (unpaired) electrons. The predicted octanol–water partition coefficient (Wildman–Crippen LogP) is 0.0226. The van der Waals surface area contributed by atoms with Crippen LogP contribution in [0.3, 0.4) is 0 Å². The van der Waals surface area contributed by atoms with Gasteiger partial charge in [0.2, 0.25) is 0 Å². The molecular weight excluding hydrogens is 148 g/mol. The van der Waals surface area contributed by atoms with Gasteiger partial charge in [0.25, 0.3) is 0 Å². The zero-order valence-electron chi connectivity index (χ0n) is 5.82. The summed E-state index contributed by atoms with van der Waals surface area (Å²) in [4.78, 5) is 21.4. The van der Waals surface area contributed by atoms with Gasteiger partial charge in [0.15, 0.2) is 0 Å². The Balaban J connectivity index is 2.18. The summed E-state index contributed by atoms with van der Waals surface area (Å²) in [5.74, 6) is -2.04. The molecule has 0 aromatic rings. The Morgan fingerprint density at radius 3 is 2.64 bits per heavy atom. The van der Waals surface area contributed by atoms with Crippen molar-refractivity contribution in [3.63, 3.8) is 0 Å². The molecule has 2 fully saturated rings. The van der Waals surface area contributed by atoms with Crippen LogP contribution in [0.15, 0.2) is 0 Å². The van der Waals surface area contributed by atoms with Crippen molar-refractivity contribution in [3.8, 4) is 0 Å². The van der Waals surface area contributed by atoms with Crippen LogP contribution < -0.4 is 0 Å². The highest BCUT2D eigenvalue weighted by molar-refractivity contribution is 5.84. The summed E-state index contributed by atoms with van der Waals surface area (Å²) in [6.07, 6.45) is 0.996. The van der Waals surface area contributed by atoms with Crippen LogP contribution in [0.1, 0.15) is 12.8 Å². The third-order valence-corrected chi connectivity index (χ3v) is 2.42. The van der Waals surface area contributed by atoms with Gasteiger partial charge in [0.1, 0.15) is 6.10 Å². The Morgan fingerprint density at radius 2 is 2.27 bits per heavy atom. The molecule has 2 aliphatic rings. The molecule has 1 aliphatic heterocycles. The molecule has 3 atom stereocenters. The van der Waals surface area contributed by atoms with Crippen LogP contribution >= 0.6 is 0 Å². The molecule has 1 saturated carbocycles. The van der Waals surface area contributed by atoms with E-state index in [-0.39, 0.29) is 18.0 Å². The van der Waals surface area contributed by atoms with E-state index in [4.69, 9.17) is 9.84 Å². The van der Waals surface area contributed by atoms with Gasteiger partial charge in [0.05, 0.1) is 11.8 Å². The normalized spacial score (nSPS) is 40.7. The monoisotopic (exact) mass is 156 g/mol. The number of carbonyl (C=O) groups excluding carboxylic acids is 1. The van der Waals surface area contributed by atoms with Crippen molar-refractivity contribution in [1.82, 2.24) is 0 Å². The molecule has 0 unspecified atom stereocenters. The van der Waals surface area contributed by atoms with E-state index >= 15 is 0 Å². The van der Waals surface area contributed by atoms with E-state index in [1.54, 1.807) is 0 Å². The third kappa shape index (κ3) is 0.818. The maximum Gasteiger partial charge on any atom is 0.310 e. The molecule has 4 nitrogen and oxygen atoms in total. The quantitative estimate of drug-likeness (QED) is 0.544. The van der Waals surface area contributed by atoms with Crippen molar-refractivity contribution in [2.75, 3.05) is 0 Å². The summed E-state index contributed by atoms with van der Waals surface area (Å²) in [6.45, 7) is 0. The second-order valence-electron chi connectivity index (χ2n) is 3.08. The number of ether oxygens (including phenoxy) is 1. The maximum absolute atomic E-state index is 10.9. The van der Waals surface area contributed by atoms with Crippen LogP contribution in [-0.4, -0.2) is 23.1 Å². The van der Waals surface area contributed by atoms with Gasteiger partial charge in [-0.25, -0.2) is 0 Å². The first-order valence-corrected chi connectivity index (χ1v) is 3.62. The van der Waals surface area contributed by atoms with Gasteiger partial charge in [-0.3, -0.25) is 9.59 Å². The number of carboxylic acids is 1. The molecule has 1 aliphatic carbocycles. The number of esters is 1. The largest absolute Gasteiger partial charge is 0.481 e. The molecule has 1 N–H and O–H groups in total. The van der Waals surface area contributed by atoms with Gasteiger partial charge >= 0.3 is 11.9 Å². The minimum Gasteiger partial charge on any atom is -0.481 e. The van der Waals surface area contributed by atoms with E-state index < -0.39 is 11.9 Å². The van der Waals surface area contributed by atoms with Crippen molar-refractivity contribution in [2.24, 2.45) is 11.8 Å². The van der Waals surface area contributed by atoms with E-state index in [0.717, 1.165) is 0 Å². The molecule has 60 valence electrons. The first-order valence-electron chi connectivity index (χ1n) is 3.62. The number of carboxylic acid groups (broad SMARTS) is 1. The van der Waals surface area contributed by atoms with Crippen LogP contribution in [-0.2, 0) is 14.3 Å². The Labute approximate surface area is 63.1 Å². The number of hydrogen-bond donors (Lipinski definition) is 1. The van der Waals surface area contributed by atoms with Crippen LogP contribution in [0.25, 0.3) is 0 Å². The minimum absolute atomic E-state index is 0.117. The third-order valence-electron chi connectivity index (χ3n) is 2.42. The zero-order valence-corrected chi connectivity index (χ0v) is 5.82. The highest BCUT2D eigenvalue weighted by Crippen LogP contribution is 2.40. The average molecular weight is 156 g/mol. The van der Waals surface area contributed by atoms with E-state index in [0.29, 0.717) is 12.8 Å². The fourth-order valence-corrected chi connectivity index (χ4v) is 1.87. The van der Waals surface area contributed by atoms with Crippen molar-refractivity contribution < 1.29 is 19.4 Å². The lowest BCUT2D eigenvalue weighted by atomic mass is 9.96. The number of fused-ring (bicyclic) bond motifs is 2. The Hall–Kier alpha value is -1.06. The van der Waals surface area contributed by atoms with Crippen molar-refractivity contribution >= 4 is 11.9 Å². The minimum atomic E-state index is -0.867. The van der Waals surface area contributed by atoms with Gasteiger partial charge < -0.3 is 9.84 Å². The molecule has 2 rings (SSSR count). The standard InChI is InChI=1S/C7H8O4/c8-6(9)4-1-3-2-5(4)7(10)11-3/h3-5H,1-2H2,(H,8,9)/t3-,4+,5+/m0/s1. The Kier molecular flexibility index (Phi) is 1.19. The van der Waals surface area contributed by atoms with Crippen LogP contribution in [0.5, 0.6) is 0 Å². The maximum atomic E-state index is 10.9. The molecule has 0 aromatic heterocycles. The summed E-state index contributed by atoms with van der Waals surface area (Å²) < 4.78 is 4.84. The first kappa shape index (κ1) is 6.64. The van der Waals surface area contributed by atoms with Crippen molar-refractivity contribution in [3.05, 3.63) is 0 Å². The summed E-state index contributed by atoms with van der Waals surface area (Å²) in [5, 5.41) is 8.65. The second kappa shape index (κ2) is 1.96. The molecule has 0 amide bonds. The van der Waals surface area contributed by atoms with E-state index in [1.807, 2.05) is 0 Å². The molecule has 0 aromatic carbocycles. The molecule has 1 heterocycles. The van der Waals surface area contributed by atoms with Gasteiger partial charge in [-0.15, -0.1) is 0 Å². The zero-order chi connectivity index (χ0) is 8.01. The van der Waals surface area contributed by atoms with Crippen LogP contribution in [0, 0.1) is 11.8 Å². The summed E-state index contributed by atoms with van der Waals surface area (Å²) in [6, 6.07) is 0. The highest BCUT2D eigenvalue weighted by atomic mass is 16.6. The summed E-state index contributed by atoms with van der Waals surface area (Å²) in [7, 11) is 0. The summed E-state index contributed by atoms with van der Waals surface area (Å²) in [5.41, 5.74) is 0. The lowest BCUT2D eigenvalue weighted by Gasteiger charge is -2.16. The fourth-order valence-electron chi connectivity index (χ4n) is 1.87. The molecular formula is C7H8O4. The molecule has 2 bridgehead atoms. The number of carbonyl (C=O) groups is 2. The van der Waals surface area contributed by atoms with Crippen LogP contribution in [0.2, 0.25) is 0 Å². The highest BCUT2D eigenvalue weighted by Gasteiger charge is 2.50. The number of aliphatic carboxylic acids is 1. The molecule has 1 saturated heterocycles. The molecule has 0 spiro atoms. The van der Waals surface area contributed by atoms with E-state index in [2.05, 4.69) is 0 Å². The molecule has 11 heavy (non-hydrogen) atoms. The average Bonchev–Trinajstić information content (AvgIpc) is 2.43. The molecule has 4 heteroatoms.